The molecular formula is C14H22N4O. The van der Waals surface area contributed by atoms with Gasteiger partial charge in [-0.3, -0.25) is 0 Å². The number of aromatic nitrogens is 2. The number of hydrogen-bond donors (Lipinski definition) is 1. The van der Waals surface area contributed by atoms with E-state index >= 15 is 0 Å². The highest BCUT2D eigenvalue weighted by atomic mass is 16.5. The number of anilines is 2. The molecular weight excluding hydrogens is 240 g/mol. The quantitative estimate of drug-likeness (QED) is 0.900. The second-order valence-corrected chi connectivity index (χ2v) is 5.54. The molecule has 5 nitrogen and oxygen atoms in total. The van der Waals surface area contributed by atoms with Crippen molar-refractivity contribution in [2.24, 2.45) is 0 Å². The van der Waals surface area contributed by atoms with Gasteiger partial charge in [0.1, 0.15) is 17.5 Å². The molecule has 1 aliphatic carbocycles. The van der Waals surface area contributed by atoms with E-state index in [1.54, 1.807) is 0 Å². The Hall–Kier alpha value is -1.36. The topological polar surface area (TPSA) is 64.3 Å². The molecule has 2 heterocycles. The molecule has 104 valence electrons. The lowest BCUT2D eigenvalue weighted by Crippen LogP contribution is -2.43. The monoisotopic (exact) mass is 262 g/mol. The van der Waals surface area contributed by atoms with Crippen LogP contribution in [0.3, 0.4) is 0 Å². The van der Waals surface area contributed by atoms with Crippen LogP contribution in [-0.4, -0.2) is 35.8 Å². The molecule has 0 bridgehead atoms. The third kappa shape index (κ3) is 2.52. The lowest BCUT2D eigenvalue weighted by molar-refractivity contribution is 0.0381. The summed E-state index contributed by atoms with van der Waals surface area (Å²) in [6.07, 6.45) is 3.73. The fourth-order valence-electron chi connectivity index (χ4n) is 2.53. The van der Waals surface area contributed by atoms with Gasteiger partial charge in [0.2, 0.25) is 0 Å². The highest BCUT2D eigenvalue weighted by Gasteiger charge is 2.29. The SMILES string of the molecule is CCC1CN(c2nc(C3CC3)nc(N)c2C)CCO1. The summed E-state index contributed by atoms with van der Waals surface area (Å²) in [6.45, 7) is 6.72. The Morgan fingerprint density at radius 1 is 1.37 bits per heavy atom. The first-order valence-electron chi connectivity index (χ1n) is 7.19. The molecule has 19 heavy (non-hydrogen) atoms. The average Bonchev–Trinajstić information content (AvgIpc) is 3.26. The third-order valence-corrected chi connectivity index (χ3v) is 4.01. The summed E-state index contributed by atoms with van der Waals surface area (Å²) >= 11 is 0. The minimum absolute atomic E-state index is 0.300. The standard InChI is InChI=1S/C14H22N4O/c1-3-11-8-18(6-7-19-11)14-9(2)12(15)16-13(17-14)10-4-5-10/h10-11H,3-8H2,1-2H3,(H2,15,16,17). The lowest BCUT2D eigenvalue weighted by atomic mass is 10.2. The van der Waals surface area contributed by atoms with Gasteiger partial charge in [-0.1, -0.05) is 6.92 Å². The molecule has 2 fully saturated rings. The summed E-state index contributed by atoms with van der Waals surface area (Å²) in [5.74, 6) is 3.10. The predicted molar refractivity (Wildman–Crippen MR) is 75.4 cm³/mol. The number of morpholine rings is 1. The van der Waals surface area contributed by atoms with Crippen molar-refractivity contribution in [2.45, 2.75) is 45.1 Å². The Morgan fingerprint density at radius 2 is 2.16 bits per heavy atom. The molecule has 0 aromatic carbocycles. The van der Waals surface area contributed by atoms with Crippen LogP contribution in [0.15, 0.2) is 0 Å². The Bertz CT molecular complexity index is 473. The molecule has 0 amide bonds. The summed E-state index contributed by atoms with van der Waals surface area (Å²) in [5, 5.41) is 0. The largest absolute Gasteiger partial charge is 0.383 e. The molecule has 1 atom stereocenters. The smallest absolute Gasteiger partial charge is 0.137 e. The first-order valence-corrected chi connectivity index (χ1v) is 7.19. The Balaban J connectivity index is 1.89. The lowest BCUT2D eigenvalue weighted by Gasteiger charge is -2.34. The van der Waals surface area contributed by atoms with Crippen molar-refractivity contribution < 1.29 is 4.74 Å². The Labute approximate surface area is 114 Å². The minimum Gasteiger partial charge on any atom is -0.383 e. The third-order valence-electron chi connectivity index (χ3n) is 4.01. The molecule has 1 aliphatic heterocycles. The van der Waals surface area contributed by atoms with Crippen LogP contribution in [0.25, 0.3) is 0 Å². The van der Waals surface area contributed by atoms with Gasteiger partial charge in [-0.15, -0.1) is 0 Å². The van der Waals surface area contributed by atoms with E-state index in [9.17, 15) is 0 Å². The minimum atomic E-state index is 0.300. The highest BCUT2D eigenvalue weighted by molar-refractivity contribution is 5.57. The van der Waals surface area contributed by atoms with Gasteiger partial charge in [0.15, 0.2) is 0 Å². The number of rotatable bonds is 3. The van der Waals surface area contributed by atoms with Gasteiger partial charge < -0.3 is 15.4 Å². The van der Waals surface area contributed by atoms with Gasteiger partial charge >= 0.3 is 0 Å². The van der Waals surface area contributed by atoms with Crippen molar-refractivity contribution in [3.05, 3.63) is 11.4 Å². The van der Waals surface area contributed by atoms with E-state index < -0.39 is 0 Å². The van der Waals surface area contributed by atoms with E-state index in [-0.39, 0.29) is 0 Å². The first kappa shape index (κ1) is 12.7. The molecule has 1 saturated carbocycles. The van der Waals surface area contributed by atoms with E-state index in [0.29, 0.717) is 17.8 Å². The van der Waals surface area contributed by atoms with Crippen LogP contribution in [0.5, 0.6) is 0 Å². The fourth-order valence-corrected chi connectivity index (χ4v) is 2.53. The van der Waals surface area contributed by atoms with E-state index in [4.69, 9.17) is 15.5 Å². The van der Waals surface area contributed by atoms with Gasteiger partial charge in [0, 0.05) is 24.6 Å². The maximum Gasteiger partial charge on any atom is 0.137 e. The summed E-state index contributed by atoms with van der Waals surface area (Å²) in [7, 11) is 0. The van der Waals surface area contributed by atoms with Gasteiger partial charge in [-0.25, -0.2) is 9.97 Å². The van der Waals surface area contributed by atoms with Crippen molar-refractivity contribution in [1.29, 1.82) is 0 Å². The van der Waals surface area contributed by atoms with Gasteiger partial charge in [0.05, 0.1) is 12.7 Å². The van der Waals surface area contributed by atoms with Crippen molar-refractivity contribution >= 4 is 11.6 Å². The number of hydrogen-bond acceptors (Lipinski definition) is 5. The van der Waals surface area contributed by atoms with Crippen LogP contribution in [0, 0.1) is 6.92 Å². The summed E-state index contributed by atoms with van der Waals surface area (Å²) < 4.78 is 5.72. The zero-order valence-electron chi connectivity index (χ0n) is 11.7. The van der Waals surface area contributed by atoms with Gasteiger partial charge in [-0.05, 0) is 26.2 Å². The van der Waals surface area contributed by atoms with Crippen LogP contribution in [0.4, 0.5) is 11.6 Å². The molecule has 1 unspecified atom stereocenters. The second kappa shape index (κ2) is 4.96. The van der Waals surface area contributed by atoms with Gasteiger partial charge in [-0.2, -0.15) is 0 Å². The van der Waals surface area contributed by atoms with Crippen LogP contribution in [0.2, 0.25) is 0 Å². The maximum atomic E-state index is 6.05. The normalized spacial score (nSPS) is 23.7. The maximum absolute atomic E-state index is 6.05. The van der Waals surface area contributed by atoms with Gasteiger partial charge in [0.25, 0.3) is 0 Å². The fraction of sp³-hybridized carbons (Fsp3) is 0.714. The molecule has 0 spiro atoms. The van der Waals surface area contributed by atoms with E-state index in [0.717, 1.165) is 43.3 Å². The molecule has 2 aliphatic rings. The average molecular weight is 262 g/mol. The second-order valence-electron chi connectivity index (χ2n) is 5.54. The van der Waals surface area contributed by atoms with Crippen LogP contribution < -0.4 is 10.6 Å². The van der Waals surface area contributed by atoms with E-state index in [2.05, 4.69) is 16.8 Å². The van der Waals surface area contributed by atoms with Crippen molar-refractivity contribution in [1.82, 2.24) is 9.97 Å². The van der Waals surface area contributed by atoms with Crippen LogP contribution >= 0.6 is 0 Å². The molecule has 5 heteroatoms. The van der Waals surface area contributed by atoms with Crippen LogP contribution in [-0.2, 0) is 4.74 Å². The molecule has 1 aromatic rings. The molecule has 1 saturated heterocycles. The van der Waals surface area contributed by atoms with Crippen molar-refractivity contribution in [3.63, 3.8) is 0 Å². The molecule has 1 aromatic heterocycles. The summed E-state index contributed by atoms with van der Waals surface area (Å²) in [4.78, 5) is 11.5. The zero-order valence-corrected chi connectivity index (χ0v) is 11.7. The van der Waals surface area contributed by atoms with E-state index in [1.807, 2.05) is 6.92 Å². The van der Waals surface area contributed by atoms with Crippen LogP contribution in [0.1, 0.15) is 43.5 Å². The molecule has 2 N–H and O–H groups in total. The Kier molecular flexibility index (Phi) is 3.31. The summed E-state index contributed by atoms with van der Waals surface area (Å²) in [5.41, 5.74) is 7.05. The number of ether oxygens (including phenoxy) is 1. The predicted octanol–water partition coefficient (Wildman–Crippen LogP) is 1.86. The first-order chi connectivity index (χ1) is 9.19. The zero-order chi connectivity index (χ0) is 13.4. The molecule has 3 rings (SSSR count). The summed E-state index contributed by atoms with van der Waals surface area (Å²) in [6, 6.07) is 0. The number of nitrogens with zero attached hydrogens (tertiary/aromatic N) is 3. The van der Waals surface area contributed by atoms with E-state index in [1.165, 1.54) is 12.8 Å². The highest BCUT2D eigenvalue weighted by Crippen LogP contribution is 2.39. The number of nitrogen functional groups attached to an aromatic ring is 1. The van der Waals surface area contributed by atoms with Crippen molar-refractivity contribution in [3.8, 4) is 0 Å². The molecule has 0 radical (unpaired) electrons. The van der Waals surface area contributed by atoms with Crippen molar-refractivity contribution in [2.75, 3.05) is 30.3 Å². The Morgan fingerprint density at radius 3 is 2.84 bits per heavy atom. The number of nitrogens with two attached hydrogens (primary N) is 1.